The number of hydrogen-bond donors (Lipinski definition) is 1. The van der Waals surface area contributed by atoms with Crippen LogP contribution in [-0.2, 0) is 12.8 Å². The number of alkyl halides is 1. The van der Waals surface area contributed by atoms with Crippen LogP contribution in [0.5, 0.6) is 11.5 Å². The Morgan fingerprint density at radius 2 is 1.88 bits per heavy atom. The molecule has 1 unspecified atom stereocenters. The smallest absolute Gasteiger partial charge is 0.161 e. The molecular weight excluding hydrogens is 238 g/mol. The van der Waals surface area contributed by atoms with Crippen molar-refractivity contribution < 1.29 is 9.47 Å². The summed E-state index contributed by atoms with van der Waals surface area (Å²) in [4.78, 5) is 0. The Morgan fingerprint density at radius 1 is 1.24 bits per heavy atom. The van der Waals surface area contributed by atoms with Crippen molar-refractivity contribution in [1.29, 1.82) is 0 Å². The SMILES string of the molecule is COc1cc2c(cc1OC)CC(NCCl)CC2. The van der Waals surface area contributed by atoms with Gasteiger partial charge >= 0.3 is 0 Å². The molecule has 0 amide bonds. The molecule has 1 aliphatic carbocycles. The van der Waals surface area contributed by atoms with Gasteiger partial charge in [0.2, 0.25) is 0 Å². The van der Waals surface area contributed by atoms with Gasteiger partial charge in [-0.3, -0.25) is 0 Å². The molecule has 94 valence electrons. The molecule has 0 bridgehead atoms. The number of benzene rings is 1. The molecule has 1 aromatic carbocycles. The summed E-state index contributed by atoms with van der Waals surface area (Å²) in [5.74, 6) is 1.62. The Kier molecular flexibility index (Phi) is 4.13. The minimum absolute atomic E-state index is 0.470. The Balaban J connectivity index is 2.25. The van der Waals surface area contributed by atoms with Gasteiger partial charge in [-0.1, -0.05) is 0 Å². The summed E-state index contributed by atoms with van der Waals surface area (Å²) in [7, 11) is 3.34. The Bertz CT molecular complexity index is 395. The number of hydrogen-bond acceptors (Lipinski definition) is 3. The topological polar surface area (TPSA) is 30.5 Å². The van der Waals surface area contributed by atoms with Gasteiger partial charge < -0.3 is 14.8 Å². The molecule has 0 heterocycles. The van der Waals surface area contributed by atoms with Gasteiger partial charge in [0.15, 0.2) is 11.5 Å². The zero-order valence-corrected chi connectivity index (χ0v) is 11.0. The first kappa shape index (κ1) is 12.5. The number of ether oxygens (including phenoxy) is 2. The third-order valence-corrected chi connectivity index (χ3v) is 3.45. The van der Waals surface area contributed by atoms with Crippen LogP contribution >= 0.6 is 11.6 Å². The van der Waals surface area contributed by atoms with E-state index in [1.54, 1.807) is 14.2 Å². The van der Waals surface area contributed by atoms with E-state index in [1.165, 1.54) is 11.1 Å². The second-order valence-corrected chi connectivity index (χ2v) is 4.52. The van der Waals surface area contributed by atoms with E-state index in [1.807, 2.05) is 0 Å². The summed E-state index contributed by atoms with van der Waals surface area (Å²) < 4.78 is 10.6. The summed E-state index contributed by atoms with van der Waals surface area (Å²) in [5.41, 5.74) is 2.69. The molecule has 0 radical (unpaired) electrons. The molecule has 1 aliphatic rings. The summed E-state index contributed by atoms with van der Waals surface area (Å²) in [6, 6.07) is 5.15. The summed E-state index contributed by atoms with van der Waals surface area (Å²) in [6.45, 7) is 0. The van der Waals surface area contributed by atoms with Crippen molar-refractivity contribution in [2.24, 2.45) is 0 Å². The van der Waals surface area contributed by atoms with Crippen molar-refractivity contribution in [1.82, 2.24) is 5.32 Å². The maximum Gasteiger partial charge on any atom is 0.161 e. The molecule has 3 nitrogen and oxygen atoms in total. The fourth-order valence-electron chi connectivity index (χ4n) is 2.37. The molecule has 0 saturated heterocycles. The average Bonchev–Trinajstić information content (AvgIpc) is 2.37. The number of rotatable bonds is 4. The van der Waals surface area contributed by atoms with Gasteiger partial charge in [0.05, 0.1) is 20.2 Å². The Labute approximate surface area is 107 Å². The van der Waals surface area contributed by atoms with Crippen LogP contribution in [0.3, 0.4) is 0 Å². The quantitative estimate of drug-likeness (QED) is 0.662. The van der Waals surface area contributed by atoms with Crippen molar-refractivity contribution in [3.63, 3.8) is 0 Å². The van der Waals surface area contributed by atoms with E-state index < -0.39 is 0 Å². The summed E-state index contributed by atoms with van der Waals surface area (Å²) in [5, 5.41) is 3.28. The first-order chi connectivity index (χ1) is 8.28. The van der Waals surface area contributed by atoms with Crippen molar-refractivity contribution in [3.05, 3.63) is 23.3 Å². The fraction of sp³-hybridized carbons (Fsp3) is 0.538. The van der Waals surface area contributed by atoms with Crippen molar-refractivity contribution >= 4 is 11.6 Å². The number of halogens is 1. The lowest BCUT2D eigenvalue weighted by Crippen LogP contribution is -2.33. The van der Waals surface area contributed by atoms with Crippen molar-refractivity contribution in [2.75, 3.05) is 20.2 Å². The van der Waals surface area contributed by atoms with Crippen molar-refractivity contribution in [2.45, 2.75) is 25.3 Å². The minimum Gasteiger partial charge on any atom is -0.493 e. The first-order valence-electron chi connectivity index (χ1n) is 5.81. The third-order valence-electron chi connectivity index (χ3n) is 3.30. The third kappa shape index (κ3) is 2.67. The van der Waals surface area contributed by atoms with E-state index in [4.69, 9.17) is 21.1 Å². The van der Waals surface area contributed by atoms with E-state index in [2.05, 4.69) is 17.4 Å². The van der Waals surface area contributed by atoms with E-state index in [9.17, 15) is 0 Å². The second kappa shape index (κ2) is 5.61. The van der Waals surface area contributed by atoms with Crippen LogP contribution in [-0.4, -0.2) is 26.3 Å². The highest BCUT2D eigenvalue weighted by Crippen LogP contribution is 2.34. The van der Waals surface area contributed by atoms with Crippen LogP contribution in [0.4, 0.5) is 0 Å². The first-order valence-corrected chi connectivity index (χ1v) is 6.35. The predicted octanol–water partition coefficient (Wildman–Crippen LogP) is 2.35. The van der Waals surface area contributed by atoms with Gasteiger partial charge in [-0.2, -0.15) is 0 Å². The number of nitrogens with one attached hydrogen (secondary N) is 1. The molecule has 2 rings (SSSR count). The number of methoxy groups -OCH3 is 2. The van der Waals surface area contributed by atoms with Gasteiger partial charge in [-0.15, -0.1) is 11.6 Å². The van der Waals surface area contributed by atoms with Crippen LogP contribution in [0, 0.1) is 0 Å². The van der Waals surface area contributed by atoms with Crippen LogP contribution in [0.1, 0.15) is 17.5 Å². The number of fused-ring (bicyclic) bond motifs is 1. The second-order valence-electron chi connectivity index (χ2n) is 4.25. The Hall–Kier alpha value is -0.930. The van der Waals surface area contributed by atoms with E-state index >= 15 is 0 Å². The molecule has 0 fully saturated rings. The van der Waals surface area contributed by atoms with Gasteiger partial charge in [-0.05, 0) is 42.5 Å². The van der Waals surface area contributed by atoms with Crippen molar-refractivity contribution in [3.8, 4) is 11.5 Å². The molecule has 1 aromatic rings. The van der Waals surface area contributed by atoms with Crippen LogP contribution < -0.4 is 14.8 Å². The normalized spacial score (nSPS) is 18.6. The lowest BCUT2D eigenvalue weighted by molar-refractivity contribution is 0.352. The van der Waals surface area contributed by atoms with Gasteiger partial charge in [-0.25, -0.2) is 0 Å². The fourth-order valence-corrected chi connectivity index (χ4v) is 2.58. The zero-order valence-electron chi connectivity index (χ0n) is 10.3. The van der Waals surface area contributed by atoms with Crippen LogP contribution in [0.25, 0.3) is 0 Å². The number of aryl methyl sites for hydroxylation is 1. The predicted molar refractivity (Wildman–Crippen MR) is 69.2 cm³/mol. The maximum atomic E-state index is 5.71. The van der Waals surface area contributed by atoms with Crippen LogP contribution in [0.15, 0.2) is 12.1 Å². The Morgan fingerprint density at radius 3 is 2.47 bits per heavy atom. The molecule has 1 atom stereocenters. The molecule has 0 spiro atoms. The maximum absolute atomic E-state index is 5.71. The highest BCUT2D eigenvalue weighted by atomic mass is 35.5. The molecule has 0 aromatic heterocycles. The molecule has 0 aliphatic heterocycles. The highest BCUT2D eigenvalue weighted by Gasteiger charge is 2.20. The monoisotopic (exact) mass is 255 g/mol. The summed E-state index contributed by atoms with van der Waals surface area (Å²) >= 11 is 5.71. The largest absolute Gasteiger partial charge is 0.493 e. The molecule has 1 N–H and O–H groups in total. The molecule has 17 heavy (non-hydrogen) atoms. The zero-order chi connectivity index (χ0) is 12.3. The van der Waals surface area contributed by atoms with Gasteiger partial charge in [0, 0.05) is 6.04 Å². The van der Waals surface area contributed by atoms with E-state index in [0.29, 0.717) is 12.0 Å². The van der Waals surface area contributed by atoms with E-state index in [-0.39, 0.29) is 0 Å². The lowest BCUT2D eigenvalue weighted by Gasteiger charge is -2.26. The molecule has 0 saturated carbocycles. The van der Waals surface area contributed by atoms with Gasteiger partial charge in [0.25, 0.3) is 0 Å². The highest BCUT2D eigenvalue weighted by molar-refractivity contribution is 6.17. The summed E-state index contributed by atoms with van der Waals surface area (Å²) in [6.07, 6.45) is 3.18. The standard InChI is InChI=1S/C13H18ClNO2/c1-16-12-6-9-3-4-11(15-8-14)5-10(9)7-13(12)17-2/h6-7,11,15H,3-5,8H2,1-2H3. The van der Waals surface area contributed by atoms with Gasteiger partial charge in [0.1, 0.15) is 0 Å². The average molecular weight is 256 g/mol. The van der Waals surface area contributed by atoms with E-state index in [0.717, 1.165) is 30.8 Å². The minimum atomic E-state index is 0.470. The lowest BCUT2D eigenvalue weighted by atomic mass is 9.88. The molecule has 4 heteroatoms. The molecular formula is C13H18ClNO2. The van der Waals surface area contributed by atoms with Crippen LogP contribution in [0.2, 0.25) is 0 Å².